The molecule has 2 heteroatoms. The average molecular weight is 404 g/mol. The molecule has 0 spiro atoms. The number of fused-ring (bicyclic) bond motifs is 5. The van der Waals surface area contributed by atoms with Crippen LogP contribution in [0.4, 0.5) is 0 Å². The fourth-order valence-corrected chi connectivity index (χ4v) is 7.68. The second-order valence-electron chi connectivity index (χ2n) is 10.9. The summed E-state index contributed by atoms with van der Waals surface area (Å²) in [6.07, 6.45) is 15.4. The van der Waals surface area contributed by atoms with Gasteiger partial charge in [-0.05, 0) is 96.8 Å². The molecule has 0 saturated heterocycles. The van der Waals surface area contributed by atoms with Crippen molar-refractivity contribution in [3.8, 4) is 0 Å². The van der Waals surface area contributed by atoms with E-state index in [2.05, 4.69) is 61.6 Å². The molecule has 5 rings (SSSR count). The standard InChI is InChI=1S/C28H37NO/c1-27-16-13-26-24(10-8-22-18-23(30)12-15-28(22,26)2)25(27)11-9-21(27)14-17-29-19-20-6-4-3-5-7-20/h3-8,10,18,21,24-26,29H,9,11-17,19H2,1-2H3. The van der Waals surface area contributed by atoms with E-state index in [1.54, 1.807) is 0 Å². The van der Waals surface area contributed by atoms with Crippen LogP contribution in [0.3, 0.4) is 0 Å². The number of ketones is 1. The van der Waals surface area contributed by atoms with Crippen LogP contribution in [0.2, 0.25) is 0 Å². The fraction of sp³-hybridized carbons (Fsp3) is 0.607. The lowest BCUT2D eigenvalue weighted by molar-refractivity contribution is -0.116. The summed E-state index contributed by atoms with van der Waals surface area (Å²) in [5, 5.41) is 3.69. The molecule has 1 aromatic carbocycles. The molecule has 6 unspecified atom stereocenters. The first-order valence-corrected chi connectivity index (χ1v) is 12.2. The van der Waals surface area contributed by atoms with Gasteiger partial charge in [-0.3, -0.25) is 4.79 Å². The molecule has 0 amide bonds. The van der Waals surface area contributed by atoms with Crippen LogP contribution in [0.15, 0.2) is 54.1 Å². The Morgan fingerprint density at radius 2 is 1.87 bits per heavy atom. The van der Waals surface area contributed by atoms with Crippen molar-refractivity contribution in [2.75, 3.05) is 6.54 Å². The molecule has 1 aromatic rings. The summed E-state index contributed by atoms with van der Waals surface area (Å²) in [6.45, 7) is 7.16. The van der Waals surface area contributed by atoms with E-state index >= 15 is 0 Å². The van der Waals surface area contributed by atoms with Crippen molar-refractivity contribution >= 4 is 5.78 Å². The number of nitrogens with one attached hydrogen (secondary N) is 1. The molecule has 0 heterocycles. The first kappa shape index (κ1) is 20.2. The van der Waals surface area contributed by atoms with Crippen LogP contribution < -0.4 is 5.32 Å². The molecule has 6 atom stereocenters. The third-order valence-electron chi connectivity index (χ3n) is 9.55. The predicted octanol–water partition coefficient (Wildman–Crippen LogP) is 6.09. The highest BCUT2D eigenvalue weighted by Crippen LogP contribution is 2.65. The lowest BCUT2D eigenvalue weighted by atomic mass is 9.48. The van der Waals surface area contributed by atoms with Crippen molar-refractivity contribution in [2.45, 2.75) is 65.3 Å². The Morgan fingerprint density at radius 3 is 2.70 bits per heavy atom. The van der Waals surface area contributed by atoms with E-state index in [4.69, 9.17) is 0 Å². The lowest BCUT2D eigenvalue weighted by Crippen LogP contribution is -2.49. The van der Waals surface area contributed by atoms with Gasteiger partial charge in [-0.2, -0.15) is 0 Å². The molecule has 0 radical (unpaired) electrons. The first-order chi connectivity index (χ1) is 14.5. The van der Waals surface area contributed by atoms with Crippen molar-refractivity contribution in [3.63, 3.8) is 0 Å². The number of carbonyl (C=O) groups is 1. The smallest absolute Gasteiger partial charge is 0.156 e. The third-order valence-corrected chi connectivity index (χ3v) is 9.55. The van der Waals surface area contributed by atoms with Crippen LogP contribution >= 0.6 is 0 Å². The van der Waals surface area contributed by atoms with Gasteiger partial charge in [0.05, 0.1) is 0 Å². The van der Waals surface area contributed by atoms with Gasteiger partial charge in [0.1, 0.15) is 0 Å². The molecule has 0 aromatic heterocycles. The van der Waals surface area contributed by atoms with E-state index in [1.165, 1.54) is 43.2 Å². The number of benzene rings is 1. The highest BCUT2D eigenvalue weighted by Gasteiger charge is 2.57. The third kappa shape index (κ3) is 3.32. The zero-order valence-electron chi connectivity index (χ0n) is 18.7. The van der Waals surface area contributed by atoms with Crippen molar-refractivity contribution in [3.05, 3.63) is 59.7 Å². The Labute approximate surface area is 182 Å². The van der Waals surface area contributed by atoms with Crippen LogP contribution in [0, 0.1) is 34.5 Å². The average Bonchev–Trinajstić information content (AvgIpc) is 3.09. The van der Waals surface area contributed by atoms with E-state index in [1.807, 2.05) is 6.08 Å². The Balaban J connectivity index is 1.26. The maximum atomic E-state index is 12.0. The zero-order chi connectivity index (χ0) is 20.8. The molecule has 2 nitrogen and oxygen atoms in total. The van der Waals surface area contributed by atoms with Gasteiger partial charge in [0.25, 0.3) is 0 Å². The summed E-state index contributed by atoms with van der Waals surface area (Å²) in [6, 6.07) is 10.7. The highest BCUT2D eigenvalue weighted by atomic mass is 16.1. The Kier molecular flexibility index (Phi) is 5.25. The predicted molar refractivity (Wildman–Crippen MR) is 123 cm³/mol. The Hall–Kier alpha value is -1.67. The molecule has 30 heavy (non-hydrogen) atoms. The van der Waals surface area contributed by atoms with Gasteiger partial charge in [-0.15, -0.1) is 0 Å². The minimum absolute atomic E-state index is 0.226. The van der Waals surface area contributed by atoms with E-state index in [0.717, 1.165) is 43.7 Å². The molecule has 4 aliphatic carbocycles. The first-order valence-electron chi connectivity index (χ1n) is 12.2. The molecule has 2 fully saturated rings. The Morgan fingerprint density at radius 1 is 1.03 bits per heavy atom. The van der Waals surface area contributed by atoms with Gasteiger partial charge in [0.15, 0.2) is 5.78 Å². The number of allylic oxidation sites excluding steroid dienone is 4. The molecule has 160 valence electrons. The van der Waals surface area contributed by atoms with Crippen LogP contribution in [-0.4, -0.2) is 12.3 Å². The molecule has 0 bridgehead atoms. The molecule has 0 aliphatic heterocycles. The largest absolute Gasteiger partial charge is 0.313 e. The normalized spacial score (nSPS) is 39.8. The summed E-state index contributed by atoms with van der Waals surface area (Å²) in [7, 11) is 0. The molecular formula is C28H37NO. The monoisotopic (exact) mass is 403 g/mol. The number of rotatable bonds is 5. The van der Waals surface area contributed by atoms with E-state index < -0.39 is 0 Å². The summed E-state index contributed by atoms with van der Waals surface area (Å²) >= 11 is 0. The summed E-state index contributed by atoms with van der Waals surface area (Å²) in [5.74, 6) is 3.44. The SMILES string of the molecule is CC12CCC(=O)C=C1C=CC1C2CCC2(C)C(CCNCc3ccccc3)CCC12. The van der Waals surface area contributed by atoms with E-state index in [0.29, 0.717) is 17.1 Å². The minimum Gasteiger partial charge on any atom is -0.313 e. The quantitative estimate of drug-likeness (QED) is 0.603. The number of carbonyl (C=O) groups excluding carboxylic acids is 1. The summed E-state index contributed by atoms with van der Waals surface area (Å²) in [4.78, 5) is 12.0. The van der Waals surface area contributed by atoms with Crippen LogP contribution in [0.1, 0.15) is 64.4 Å². The Bertz CT molecular complexity index is 855. The van der Waals surface area contributed by atoms with Crippen molar-refractivity contribution in [1.82, 2.24) is 5.32 Å². The topological polar surface area (TPSA) is 29.1 Å². The van der Waals surface area contributed by atoms with Crippen LogP contribution in [-0.2, 0) is 11.3 Å². The van der Waals surface area contributed by atoms with Crippen LogP contribution in [0.25, 0.3) is 0 Å². The minimum atomic E-state index is 0.226. The molecule has 4 aliphatic rings. The van der Waals surface area contributed by atoms with Crippen molar-refractivity contribution < 1.29 is 4.79 Å². The fourth-order valence-electron chi connectivity index (χ4n) is 7.68. The maximum absolute atomic E-state index is 12.0. The van der Waals surface area contributed by atoms with Gasteiger partial charge in [0.2, 0.25) is 0 Å². The van der Waals surface area contributed by atoms with Crippen molar-refractivity contribution in [1.29, 1.82) is 0 Å². The van der Waals surface area contributed by atoms with Gasteiger partial charge in [-0.1, -0.05) is 56.3 Å². The summed E-state index contributed by atoms with van der Waals surface area (Å²) < 4.78 is 0. The zero-order valence-corrected chi connectivity index (χ0v) is 18.7. The molecule has 2 saturated carbocycles. The second kappa shape index (κ2) is 7.79. The van der Waals surface area contributed by atoms with Gasteiger partial charge in [0, 0.05) is 13.0 Å². The molecule has 1 N–H and O–H groups in total. The van der Waals surface area contributed by atoms with E-state index in [9.17, 15) is 4.79 Å². The van der Waals surface area contributed by atoms with Gasteiger partial charge < -0.3 is 5.32 Å². The highest BCUT2D eigenvalue weighted by molar-refractivity contribution is 5.92. The van der Waals surface area contributed by atoms with E-state index in [-0.39, 0.29) is 5.41 Å². The lowest BCUT2D eigenvalue weighted by Gasteiger charge is -2.56. The van der Waals surface area contributed by atoms with Crippen molar-refractivity contribution in [2.24, 2.45) is 34.5 Å². The van der Waals surface area contributed by atoms with Crippen LogP contribution in [0.5, 0.6) is 0 Å². The maximum Gasteiger partial charge on any atom is 0.156 e. The number of hydrogen-bond acceptors (Lipinski definition) is 2. The molecular weight excluding hydrogens is 366 g/mol. The van der Waals surface area contributed by atoms with Gasteiger partial charge in [-0.25, -0.2) is 0 Å². The second-order valence-corrected chi connectivity index (χ2v) is 10.9. The number of hydrogen-bond donors (Lipinski definition) is 1. The van der Waals surface area contributed by atoms with Gasteiger partial charge >= 0.3 is 0 Å². The summed E-state index contributed by atoms with van der Waals surface area (Å²) in [5.41, 5.74) is 3.42.